The third kappa shape index (κ3) is 28.9. The molecule has 602 valence electrons. The standard InChI is InChI=1S/2C15H16N2S2.C11H8N2S2.2C9H7N3O2S.C9H9N3S.C5H4ClN3O2.C4H9Br.CH4N2S/c2*1-2-3-8-19-15-10-13-11(17-15)6-7-12(16-13)14-5-4-9-18-14;14-11-6-9-7(13-11)3-4-8(12-9)10-2-1-5-15-10;2*10-9-7(12(13)14)4-3-6(11-9)8-2-1-5-15-8;10-6-3-4-7(12-9(6)11)8-2-1-5-13-8;6-4-2-1-3(9(10)11)5(7)8-4;1-2-3-4-5;2-1(3)4/h2*4-7,9H,2-3,8,10H2,1H3;1-5H,6H2,(H,13,14);2*1-5H,(H2,10,11);1-5H,10H2,(H2,11,12);1-2H,(H2,7,8);2-4H2,1H3;(H4,2,3,4). The van der Waals surface area contributed by atoms with E-state index in [0.29, 0.717) is 22.9 Å². The van der Waals surface area contributed by atoms with Crippen LogP contribution in [-0.4, -0.2) is 86.7 Å². The fraction of sp³-hybridized carbons (Fsp3) is 0.192. The van der Waals surface area contributed by atoms with Gasteiger partial charge in [-0.05, 0) is 178 Å². The minimum atomic E-state index is -0.612. The van der Waals surface area contributed by atoms with E-state index in [0.717, 1.165) is 101 Å². The number of nitrogens with zero attached hydrogens (tertiary/aromatic N) is 12. The molecule has 3 aliphatic heterocycles. The predicted octanol–water partition coefficient (Wildman–Crippen LogP) is 22.1. The lowest BCUT2D eigenvalue weighted by Crippen LogP contribution is -2.18. The van der Waals surface area contributed by atoms with Crippen LogP contribution in [0.5, 0.6) is 0 Å². The molecule has 0 saturated heterocycles. The lowest BCUT2D eigenvalue weighted by molar-refractivity contribution is -0.384. The van der Waals surface area contributed by atoms with Crippen LogP contribution >= 0.6 is 144 Å². The van der Waals surface area contributed by atoms with E-state index in [1.54, 1.807) is 63.5 Å². The lowest BCUT2D eigenvalue weighted by atomic mass is 10.2. The third-order valence-electron chi connectivity index (χ3n) is 15.5. The van der Waals surface area contributed by atoms with Gasteiger partial charge in [-0.1, -0.05) is 116 Å². The summed E-state index contributed by atoms with van der Waals surface area (Å²) < 4.78 is 0. The number of fused-ring (bicyclic) bond motifs is 3. The SMILES string of the molecule is CCCCBr.CCCCSC1=Nc2ccc(-c3cccs3)nc2C1.CCCCSC1=Nc2ccc(-c3cccs3)nc2C1.NC(N)=S.Nc1ccc(-c2cccs2)nc1N.Nc1nc(-c2cccs2)ccc1[N+](=O)[O-].Nc1nc(-c2cccs2)ccc1[N+](=O)[O-].Nc1nc(Cl)ccc1[N+](=O)[O-].S=C1Cc2nc(-c3cccs3)ccc2N1. The number of alkyl halides is 1. The zero-order valence-corrected chi connectivity index (χ0v) is 73.2. The van der Waals surface area contributed by atoms with Gasteiger partial charge < -0.3 is 45.5 Å². The maximum Gasteiger partial charge on any atom is 0.311 e. The van der Waals surface area contributed by atoms with Crippen molar-refractivity contribution in [3.63, 3.8) is 0 Å². The second kappa shape index (κ2) is 47.8. The van der Waals surface area contributed by atoms with E-state index < -0.39 is 14.8 Å². The number of aromatic nitrogens is 7. The minimum Gasteiger partial charge on any atom is -0.396 e. The highest BCUT2D eigenvalue weighted by Crippen LogP contribution is 2.37. The molecule has 38 heteroatoms. The molecule has 0 radical (unpaired) electrons. The van der Waals surface area contributed by atoms with E-state index in [9.17, 15) is 30.3 Å². The highest BCUT2D eigenvalue weighted by atomic mass is 79.9. The summed E-state index contributed by atoms with van der Waals surface area (Å²) in [6, 6.07) is 48.6. The van der Waals surface area contributed by atoms with E-state index in [1.165, 1.54) is 122 Å². The summed E-state index contributed by atoms with van der Waals surface area (Å²) in [5.74, 6) is 2.47. The van der Waals surface area contributed by atoms with Crippen molar-refractivity contribution in [2.75, 3.05) is 50.8 Å². The number of unbranched alkanes of at least 4 members (excludes halogenated alkanes) is 3. The van der Waals surface area contributed by atoms with Gasteiger partial charge in [-0.15, -0.1) is 91.5 Å². The first-order chi connectivity index (χ1) is 55.9. The van der Waals surface area contributed by atoms with Crippen LogP contribution in [-0.2, 0) is 19.3 Å². The molecule has 15 N–H and O–H groups in total. The van der Waals surface area contributed by atoms with Crippen molar-refractivity contribution >= 4 is 227 Å². The zero-order valence-electron chi connectivity index (χ0n) is 62.7. The summed E-state index contributed by atoms with van der Waals surface area (Å²) >= 11 is 31.5. The van der Waals surface area contributed by atoms with Gasteiger partial charge in [-0.25, -0.2) is 44.9 Å². The van der Waals surface area contributed by atoms with Crippen LogP contribution in [0.4, 0.5) is 63.1 Å². The largest absolute Gasteiger partial charge is 0.396 e. The van der Waals surface area contributed by atoms with Gasteiger partial charge >= 0.3 is 17.1 Å². The Morgan fingerprint density at radius 2 is 0.767 bits per heavy atom. The maximum atomic E-state index is 10.5. The number of anilines is 6. The molecule has 26 nitrogen and oxygen atoms in total. The molecule has 13 aromatic rings. The van der Waals surface area contributed by atoms with Crippen LogP contribution in [0.2, 0.25) is 5.15 Å². The first-order valence-electron chi connectivity index (χ1n) is 35.4. The highest BCUT2D eigenvalue weighted by Gasteiger charge is 2.22. The number of thiophene rings is 6. The molecule has 3 aliphatic rings. The van der Waals surface area contributed by atoms with Crippen molar-refractivity contribution in [2.45, 2.75) is 78.6 Å². The number of halogens is 2. The number of hydrogen-bond donors (Lipinski definition) is 8. The zero-order chi connectivity index (χ0) is 83.5. The molecule has 0 unspecified atom stereocenters. The van der Waals surface area contributed by atoms with Crippen LogP contribution in [0.25, 0.3) is 63.4 Å². The number of aliphatic imine (C=N–C) groups is 2. The van der Waals surface area contributed by atoms with Crippen molar-refractivity contribution in [1.29, 1.82) is 0 Å². The Kier molecular flexibility index (Phi) is 37.6. The van der Waals surface area contributed by atoms with Gasteiger partial charge in [0.2, 0.25) is 17.5 Å². The number of nitrogen functional groups attached to an aromatic ring is 5. The topological polar surface area (TPSA) is 439 Å². The molecule has 0 spiro atoms. The number of nitro groups is 3. The summed E-state index contributed by atoms with van der Waals surface area (Å²) in [5, 5.41) is 50.1. The van der Waals surface area contributed by atoms with E-state index >= 15 is 0 Å². The minimum absolute atomic E-state index is 0.000000000000000222. The van der Waals surface area contributed by atoms with Crippen LogP contribution in [0.3, 0.4) is 0 Å². The van der Waals surface area contributed by atoms with Crippen LogP contribution in [0.15, 0.2) is 200 Å². The van der Waals surface area contributed by atoms with Gasteiger partial charge in [0.1, 0.15) is 11.0 Å². The summed E-state index contributed by atoms with van der Waals surface area (Å²) in [6.45, 7) is 6.63. The smallest absolute Gasteiger partial charge is 0.311 e. The molecule has 0 fully saturated rings. The number of nitrogens with one attached hydrogen (secondary N) is 1. The monoisotopic (exact) mass is 1830 g/mol. The summed E-state index contributed by atoms with van der Waals surface area (Å²) in [4.78, 5) is 76.1. The molecule has 116 heavy (non-hydrogen) atoms. The maximum absolute atomic E-state index is 10.5. The van der Waals surface area contributed by atoms with Crippen LogP contribution in [0.1, 0.15) is 76.4 Å². The molecule has 0 bridgehead atoms. The average molecular weight is 1830 g/mol. The number of thioether (sulfide) groups is 2. The summed E-state index contributed by atoms with van der Waals surface area (Å²) in [7, 11) is 0. The Morgan fingerprint density at radius 1 is 0.448 bits per heavy atom. The number of pyridine rings is 7. The quantitative estimate of drug-likeness (QED) is 0.0105. The molecule has 0 amide bonds. The van der Waals surface area contributed by atoms with E-state index in [4.69, 9.17) is 62.5 Å². The fourth-order valence-electron chi connectivity index (χ4n) is 9.85. The van der Waals surface area contributed by atoms with Crippen LogP contribution in [0, 0.1) is 30.3 Å². The van der Waals surface area contributed by atoms with Crippen molar-refractivity contribution in [1.82, 2.24) is 34.9 Å². The number of nitrogens with two attached hydrogens (primary N) is 7. The van der Waals surface area contributed by atoms with Crippen molar-refractivity contribution in [3.8, 4) is 63.4 Å². The molecule has 0 saturated carbocycles. The van der Waals surface area contributed by atoms with Gasteiger partial charge in [-0.3, -0.25) is 30.3 Å². The van der Waals surface area contributed by atoms with Gasteiger partial charge in [-0.2, -0.15) is 0 Å². The molecule has 16 heterocycles. The Balaban J connectivity index is 0.000000167. The predicted molar refractivity (Wildman–Crippen MR) is 503 cm³/mol. The average Bonchev–Trinajstić information content (AvgIpc) is 1.67. The number of rotatable bonds is 17. The first-order valence-corrected chi connectivity index (χ1v) is 45.0. The van der Waals surface area contributed by atoms with E-state index in [-0.39, 0.29) is 44.8 Å². The van der Waals surface area contributed by atoms with E-state index in [2.05, 4.69) is 177 Å². The second-order valence-corrected chi connectivity index (χ2v) is 34.2. The van der Waals surface area contributed by atoms with Crippen molar-refractivity contribution in [3.05, 3.63) is 243 Å². The Hall–Kier alpha value is -10.2. The van der Waals surface area contributed by atoms with Crippen molar-refractivity contribution in [2.24, 2.45) is 21.5 Å². The number of hydrogen-bond acceptors (Lipinski definition) is 30. The molecule has 13 aromatic heterocycles. The fourth-order valence-corrected chi connectivity index (χ4v) is 17.1. The van der Waals surface area contributed by atoms with Gasteiger partial charge in [0.25, 0.3) is 0 Å². The molecule has 16 rings (SSSR count). The second-order valence-electron chi connectivity index (χ2n) is 24.0. The Bertz CT molecular complexity index is 5190. The highest BCUT2D eigenvalue weighted by molar-refractivity contribution is 9.09. The molecule has 0 atom stereocenters. The summed E-state index contributed by atoms with van der Waals surface area (Å²) in [5.41, 5.74) is 48.4. The van der Waals surface area contributed by atoms with Crippen molar-refractivity contribution < 1.29 is 14.8 Å². The van der Waals surface area contributed by atoms with Gasteiger partial charge in [0.05, 0.1) is 133 Å². The van der Waals surface area contributed by atoms with Gasteiger partial charge in [0, 0.05) is 42.8 Å². The molecular formula is C78H80BrClN20O6S10. The Morgan fingerprint density at radius 3 is 1.08 bits per heavy atom. The molecular weight excluding hydrogens is 1750 g/mol. The molecule has 0 aromatic carbocycles. The third-order valence-corrected chi connectivity index (χ3v) is 24.0. The van der Waals surface area contributed by atoms with E-state index in [1.807, 2.05) is 94.3 Å². The lowest BCUT2D eigenvalue weighted by Gasteiger charge is -2.00. The normalized spacial score (nSPS) is 11.4. The number of thiocarbonyl (C=S) groups is 2. The Labute approximate surface area is 726 Å². The molecule has 0 aliphatic carbocycles. The summed E-state index contributed by atoms with van der Waals surface area (Å²) in [6.07, 6.45) is 10.2. The first kappa shape index (κ1) is 91.4. The van der Waals surface area contributed by atoms with Gasteiger partial charge in [0.15, 0.2) is 5.11 Å². The van der Waals surface area contributed by atoms with Crippen LogP contribution < -0.4 is 45.5 Å².